The fourth-order valence-electron chi connectivity index (χ4n) is 2.30. The molecule has 1 unspecified atom stereocenters. The SMILES string of the molecule is CCCNCC(Oc1cccc2ccccc12)C(C)C. The van der Waals surface area contributed by atoms with Gasteiger partial charge in [-0.05, 0) is 30.3 Å². The minimum atomic E-state index is 0.201. The molecule has 108 valence electrons. The monoisotopic (exact) mass is 271 g/mol. The predicted octanol–water partition coefficient (Wildman–Crippen LogP) is 4.24. The summed E-state index contributed by atoms with van der Waals surface area (Å²) in [4.78, 5) is 0. The van der Waals surface area contributed by atoms with E-state index >= 15 is 0 Å². The molecule has 2 aromatic rings. The molecule has 0 aliphatic heterocycles. The van der Waals surface area contributed by atoms with E-state index in [4.69, 9.17) is 4.74 Å². The summed E-state index contributed by atoms with van der Waals surface area (Å²) in [6.07, 6.45) is 1.35. The van der Waals surface area contributed by atoms with E-state index in [-0.39, 0.29) is 6.10 Å². The fraction of sp³-hybridized carbons (Fsp3) is 0.444. The molecule has 0 aliphatic rings. The fourth-order valence-corrected chi connectivity index (χ4v) is 2.30. The molecular weight excluding hydrogens is 246 g/mol. The van der Waals surface area contributed by atoms with Crippen LogP contribution in [0.25, 0.3) is 10.8 Å². The Labute approximate surface area is 122 Å². The molecule has 0 amide bonds. The van der Waals surface area contributed by atoms with Gasteiger partial charge in [0, 0.05) is 11.9 Å². The Bertz CT molecular complexity index is 530. The van der Waals surface area contributed by atoms with E-state index in [2.05, 4.69) is 68.6 Å². The lowest BCUT2D eigenvalue weighted by atomic mass is 10.1. The van der Waals surface area contributed by atoms with E-state index in [0.29, 0.717) is 5.92 Å². The normalized spacial score (nSPS) is 12.8. The number of rotatable bonds is 7. The third kappa shape index (κ3) is 3.73. The van der Waals surface area contributed by atoms with Gasteiger partial charge in [-0.3, -0.25) is 0 Å². The lowest BCUT2D eigenvalue weighted by Gasteiger charge is -2.24. The molecular formula is C18H25NO. The van der Waals surface area contributed by atoms with Gasteiger partial charge in [-0.15, -0.1) is 0 Å². The lowest BCUT2D eigenvalue weighted by Crippen LogP contribution is -2.35. The van der Waals surface area contributed by atoms with Gasteiger partial charge in [0.05, 0.1) is 0 Å². The van der Waals surface area contributed by atoms with Gasteiger partial charge in [0.2, 0.25) is 0 Å². The van der Waals surface area contributed by atoms with Crippen LogP contribution in [0.1, 0.15) is 27.2 Å². The second-order valence-corrected chi connectivity index (χ2v) is 5.58. The zero-order valence-corrected chi connectivity index (χ0v) is 12.7. The molecule has 2 heteroatoms. The Kier molecular flexibility index (Phi) is 5.42. The molecule has 2 aromatic carbocycles. The van der Waals surface area contributed by atoms with Crippen LogP contribution in [0.5, 0.6) is 5.75 Å². The number of ether oxygens (including phenoxy) is 1. The van der Waals surface area contributed by atoms with E-state index in [0.717, 1.165) is 25.3 Å². The average Bonchev–Trinajstić information content (AvgIpc) is 2.46. The van der Waals surface area contributed by atoms with Crippen molar-refractivity contribution in [1.82, 2.24) is 5.32 Å². The van der Waals surface area contributed by atoms with E-state index in [9.17, 15) is 0 Å². The maximum atomic E-state index is 6.27. The maximum Gasteiger partial charge on any atom is 0.127 e. The van der Waals surface area contributed by atoms with Gasteiger partial charge in [-0.2, -0.15) is 0 Å². The molecule has 1 atom stereocenters. The van der Waals surface area contributed by atoms with Crippen molar-refractivity contribution >= 4 is 10.8 Å². The van der Waals surface area contributed by atoms with Crippen LogP contribution in [-0.2, 0) is 0 Å². The van der Waals surface area contributed by atoms with Crippen LogP contribution in [-0.4, -0.2) is 19.2 Å². The molecule has 0 saturated carbocycles. The van der Waals surface area contributed by atoms with Gasteiger partial charge >= 0.3 is 0 Å². The first-order valence-corrected chi connectivity index (χ1v) is 7.57. The summed E-state index contributed by atoms with van der Waals surface area (Å²) in [7, 11) is 0. The molecule has 0 fully saturated rings. The quantitative estimate of drug-likeness (QED) is 0.760. The van der Waals surface area contributed by atoms with Gasteiger partial charge in [-0.1, -0.05) is 57.2 Å². The smallest absolute Gasteiger partial charge is 0.127 e. The van der Waals surface area contributed by atoms with Gasteiger partial charge < -0.3 is 10.1 Å². The van der Waals surface area contributed by atoms with E-state index in [1.54, 1.807) is 0 Å². The Morgan fingerprint density at radius 1 is 1.05 bits per heavy atom. The standard InChI is InChI=1S/C18H25NO/c1-4-12-19-13-18(14(2)3)20-17-11-7-9-15-8-5-6-10-16(15)17/h5-11,14,18-19H,4,12-13H2,1-3H3. The second-order valence-electron chi connectivity index (χ2n) is 5.58. The number of hydrogen-bond acceptors (Lipinski definition) is 2. The van der Waals surface area contributed by atoms with E-state index in [1.807, 2.05) is 0 Å². The summed E-state index contributed by atoms with van der Waals surface area (Å²) >= 11 is 0. The molecule has 0 saturated heterocycles. The first kappa shape index (κ1) is 14.9. The highest BCUT2D eigenvalue weighted by Crippen LogP contribution is 2.27. The summed E-state index contributed by atoms with van der Waals surface area (Å²) in [5.41, 5.74) is 0. The minimum absolute atomic E-state index is 0.201. The minimum Gasteiger partial charge on any atom is -0.488 e. The molecule has 0 aliphatic carbocycles. The molecule has 2 nitrogen and oxygen atoms in total. The van der Waals surface area contributed by atoms with Gasteiger partial charge in [0.1, 0.15) is 11.9 Å². The summed E-state index contributed by atoms with van der Waals surface area (Å²) in [6, 6.07) is 14.6. The van der Waals surface area contributed by atoms with Gasteiger partial charge in [0.25, 0.3) is 0 Å². The van der Waals surface area contributed by atoms with Crippen molar-refractivity contribution in [1.29, 1.82) is 0 Å². The first-order valence-electron chi connectivity index (χ1n) is 7.57. The van der Waals surface area contributed by atoms with E-state index < -0.39 is 0 Å². The zero-order valence-electron chi connectivity index (χ0n) is 12.7. The molecule has 0 aromatic heterocycles. The van der Waals surface area contributed by atoms with Crippen molar-refractivity contribution in [2.75, 3.05) is 13.1 Å². The van der Waals surface area contributed by atoms with Crippen LogP contribution in [0.2, 0.25) is 0 Å². The molecule has 0 bridgehead atoms. The van der Waals surface area contributed by atoms with Crippen molar-refractivity contribution < 1.29 is 4.74 Å². The Hall–Kier alpha value is -1.54. The van der Waals surface area contributed by atoms with Crippen molar-refractivity contribution in [3.8, 4) is 5.75 Å². The third-order valence-corrected chi connectivity index (χ3v) is 3.54. The van der Waals surface area contributed by atoms with Crippen LogP contribution >= 0.6 is 0 Å². The van der Waals surface area contributed by atoms with Crippen LogP contribution in [0.3, 0.4) is 0 Å². The van der Waals surface area contributed by atoms with Crippen LogP contribution < -0.4 is 10.1 Å². The molecule has 2 rings (SSSR count). The molecule has 1 N–H and O–H groups in total. The summed E-state index contributed by atoms with van der Waals surface area (Å²) in [6.45, 7) is 8.55. The Morgan fingerprint density at radius 3 is 2.55 bits per heavy atom. The summed E-state index contributed by atoms with van der Waals surface area (Å²) in [5, 5.41) is 5.88. The van der Waals surface area contributed by atoms with Crippen molar-refractivity contribution in [2.24, 2.45) is 5.92 Å². The highest BCUT2D eigenvalue weighted by molar-refractivity contribution is 5.88. The lowest BCUT2D eigenvalue weighted by molar-refractivity contribution is 0.151. The Balaban J connectivity index is 2.15. The molecule has 0 radical (unpaired) electrons. The third-order valence-electron chi connectivity index (χ3n) is 3.54. The predicted molar refractivity (Wildman–Crippen MR) is 86.4 cm³/mol. The molecule has 0 heterocycles. The Morgan fingerprint density at radius 2 is 1.80 bits per heavy atom. The van der Waals surface area contributed by atoms with Crippen LogP contribution in [0, 0.1) is 5.92 Å². The number of nitrogens with one attached hydrogen (secondary N) is 1. The van der Waals surface area contributed by atoms with Crippen LogP contribution in [0.4, 0.5) is 0 Å². The van der Waals surface area contributed by atoms with Crippen molar-refractivity contribution in [3.63, 3.8) is 0 Å². The number of hydrogen-bond donors (Lipinski definition) is 1. The zero-order chi connectivity index (χ0) is 14.4. The summed E-state index contributed by atoms with van der Waals surface area (Å²) < 4.78 is 6.27. The molecule has 20 heavy (non-hydrogen) atoms. The van der Waals surface area contributed by atoms with Gasteiger partial charge in [-0.25, -0.2) is 0 Å². The van der Waals surface area contributed by atoms with Crippen molar-refractivity contribution in [3.05, 3.63) is 42.5 Å². The highest BCUT2D eigenvalue weighted by atomic mass is 16.5. The summed E-state index contributed by atoms with van der Waals surface area (Å²) in [5.74, 6) is 1.47. The second kappa shape index (κ2) is 7.30. The van der Waals surface area contributed by atoms with Crippen molar-refractivity contribution in [2.45, 2.75) is 33.3 Å². The van der Waals surface area contributed by atoms with E-state index in [1.165, 1.54) is 10.8 Å². The van der Waals surface area contributed by atoms with Gasteiger partial charge in [0.15, 0.2) is 0 Å². The maximum absolute atomic E-state index is 6.27. The number of fused-ring (bicyclic) bond motifs is 1. The topological polar surface area (TPSA) is 21.3 Å². The molecule has 0 spiro atoms. The number of benzene rings is 2. The average molecular weight is 271 g/mol. The largest absolute Gasteiger partial charge is 0.488 e. The van der Waals surface area contributed by atoms with Crippen LogP contribution in [0.15, 0.2) is 42.5 Å². The first-order chi connectivity index (χ1) is 9.72. The highest BCUT2D eigenvalue weighted by Gasteiger charge is 2.15.